The van der Waals surface area contributed by atoms with Crippen molar-refractivity contribution in [1.82, 2.24) is 0 Å². The molecular weight excluding hydrogens is 254 g/mol. The molecule has 1 rings (SSSR count). The SMILES string of the molecule is CCC(CC)Cc1c(F)cc(C(C)(CC)CC)cc1F. The van der Waals surface area contributed by atoms with Crippen LogP contribution in [0, 0.1) is 17.6 Å². The molecule has 0 saturated carbocycles. The van der Waals surface area contributed by atoms with Crippen LogP contribution >= 0.6 is 0 Å². The summed E-state index contributed by atoms with van der Waals surface area (Å²) < 4.78 is 28.6. The van der Waals surface area contributed by atoms with Crippen molar-refractivity contribution in [3.63, 3.8) is 0 Å². The lowest BCUT2D eigenvalue weighted by molar-refractivity contribution is 0.424. The molecular formula is C18H28F2. The molecule has 2 heteroatoms. The fourth-order valence-corrected chi connectivity index (χ4v) is 2.67. The highest BCUT2D eigenvalue weighted by atomic mass is 19.1. The first kappa shape index (κ1) is 17.1. The molecule has 0 aromatic heterocycles. The van der Waals surface area contributed by atoms with Crippen molar-refractivity contribution in [2.45, 2.75) is 72.1 Å². The van der Waals surface area contributed by atoms with E-state index in [2.05, 4.69) is 34.6 Å². The van der Waals surface area contributed by atoms with E-state index in [-0.39, 0.29) is 22.6 Å². The molecule has 0 atom stereocenters. The van der Waals surface area contributed by atoms with Crippen LogP contribution in [-0.2, 0) is 11.8 Å². The summed E-state index contributed by atoms with van der Waals surface area (Å²) in [6, 6.07) is 3.10. The van der Waals surface area contributed by atoms with E-state index >= 15 is 0 Å². The fourth-order valence-electron chi connectivity index (χ4n) is 2.67. The summed E-state index contributed by atoms with van der Waals surface area (Å²) in [5, 5.41) is 0. The van der Waals surface area contributed by atoms with Gasteiger partial charge in [0, 0.05) is 5.56 Å². The van der Waals surface area contributed by atoms with Crippen LogP contribution in [0.2, 0.25) is 0 Å². The molecule has 0 radical (unpaired) electrons. The van der Waals surface area contributed by atoms with Gasteiger partial charge in [0.2, 0.25) is 0 Å². The highest BCUT2D eigenvalue weighted by molar-refractivity contribution is 5.31. The first-order valence-corrected chi connectivity index (χ1v) is 7.90. The molecule has 0 aliphatic heterocycles. The second kappa shape index (κ2) is 7.19. The van der Waals surface area contributed by atoms with Crippen molar-refractivity contribution < 1.29 is 8.78 Å². The Morgan fingerprint density at radius 2 is 1.40 bits per heavy atom. The molecule has 0 bridgehead atoms. The Bertz CT molecular complexity index is 406. The van der Waals surface area contributed by atoms with E-state index in [1.807, 2.05) is 0 Å². The zero-order valence-electron chi connectivity index (χ0n) is 13.5. The van der Waals surface area contributed by atoms with Gasteiger partial charge in [-0.15, -0.1) is 0 Å². The highest BCUT2D eigenvalue weighted by Crippen LogP contribution is 2.33. The molecule has 20 heavy (non-hydrogen) atoms. The van der Waals surface area contributed by atoms with Crippen LogP contribution in [-0.4, -0.2) is 0 Å². The van der Waals surface area contributed by atoms with Crippen LogP contribution in [0.4, 0.5) is 8.78 Å². The maximum absolute atomic E-state index is 14.3. The van der Waals surface area contributed by atoms with Crippen molar-refractivity contribution in [2.24, 2.45) is 5.92 Å². The Morgan fingerprint density at radius 3 is 1.75 bits per heavy atom. The van der Waals surface area contributed by atoms with Gasteiger partial charge in [-0.2, -0.15) is 0 Å². The largest absolute Gasteiger partial charge is 0.207 e. The Balaban J connectivity index is 3.15. The van der Waals surface area contributed by atoms with Gasteiger partial charge >= 0.3 is 0 Å². The van der Waals surface area contributed by atoms with E-state index in [0.717, 1.165) is 31.2 Å². The van der Waals surface area contributed by atoms with Crippen molar-refractivity contribution in [3.8, 4) is 0 Å². The lowest BCUT2D eigenvalue weighted by Crippen LogP contribution is -2.20. The van der Waals surface area contributed by atoms with Crippen LogP contribution in [0.3, 0.4) is 0 Å². The monoisotopic (exact) mass is 282 g/mol. The number of halogens is 2. The lowest BCUT2D eigenvalue weighted by atomic mass is 9.77. The summed E-state index contributed by atoms with van der Waals surface area (Å²) in [7, 11) is 0. The van der Waals surface area contributed by atoms with Crippen LogP contribution in [0.15, 0.2) is 12.1 Å². The van der Waals surface area contributed by atoms with E-state index in [0.29, 0.717) is 12.3 Å². The predicted molar refractivity (Wildman–Crippen MR) is 82.1 cm³/mol. The Kier molecular flexibility index (Phi) is 6.16. The first-order valence-electron chi connectivity index (χ1n) is 7.90. The van der Waals surface area contributed by atoms with Crippen LogP contribution < -0.4 is 0 Å². The molecule has 0 spiro atoms. The van der Waals surface area contributed by atoms with Gasteiger partial charge in [0.25, 0.3) is 0 Å². The molecule has 0 heterocycles. The van der Waals surface area contributed by atoms with Gasteiger partial charge in [-0.25, -0.2) is 8.78 Å². The number of hydrogen-bond acceptors (Lipinski definition) is 0. The second-order valence-corrected chi connectivity index (χ2v) is 6.07. The van der Waals surface area contributed by atoms with Crippen molar-refractivity contribution >= 4 is 0 Å². The van der Waals surface area contributed by atoms with E-state index in [9.17, 15) is 8.78 Å². The summed E-state index contributed by atoms with van der Waals surface area (Å²) in [5.41, 5.74) is 0.901. The van der Waals surface area contributed by atoms with Crippen LogP contribution in [0.5, 0.6) is 0 Å². The Labute approximate surface area is 122 Å². The summed E-state index contributed by atoms with van der Waals surface area (Å²) >= 11 is 0. The predicted octanol–water partition coefficient (Wildman–Crippen LogP) is 6.02. The quantitative estimate of drug-likeness (QED) is 0.573. The minimum absolute atomic E-state index is 0.144. The average Bonchev–Trinajstić information content (AvgIpc) is 2.45. The molecule has 0 saturated heterocycles. The normalized spacial score (nSPS) is 12.2. The molecule has 0 N–H and O–H groups in total. The second-order valence-electron chi connectivity index (χ2n) is 6.07. The summed E-state index contributed by atoms with van der Waals surface area (Å²) in [6.45, 7) is 10.4. The first-order chi connectivity index (χ1) is 9.41. The summed E-state index contributed by atoms with van der Waals surface area (Å²) in [6.07, 6.45) is 4.18. The third-order valence-corrected chi connectivity index (χ3v) is 5.05. The number of hydrogen-bond donors (Lipinski definition) is 0. The van der Waals surface area contributed by atoms with Gasteiger partial charge < -0.3 is 0 Å². The van der Waals surface area contributed by atoms with Gasteiger partial charge in [-0.3, -0.25) is 0 Å². The van der Waals surface area contributed by atoms with Gasteiger partial charge in [-0.1, -0.05) is 47.5 Å². The topological polar surface area (TPSA) is 0 Å². The van der Waals surface area contributed by atoms with Gasteiger partial charge in [0.05, 0.1) is 0 Å². The minimum Gasteiger partial charge on any atom is -0.207 e. The smallest absolute Gasteiger partial charge is 0.129 e. The van der Waals surface area contributed by atoms with Crippen molar-refractivity contribution in [2.75, 3.05) is 0 Å². The van der Waals surface area contributed by atoms with Gasteiger partial charge in [-0.05, 0) is 48.3 Å². The third kappa shape index (κ3) is 3.59. The standard InChI is InChI=1S/C18H28F2/c1-6-13(7-2)10-15-16(19)11-14(12-17(15)20)18(5,8-3)9-4/h11-13H,6-10H2,1-5H3. The van der Waals surface area contributed by atoms with Crippen LogP contribution in [0.25, 0.3) is 0 Å². The lowest BCUT2D eigenvalue weighted by Gasteiger charge is -2.28. The molecule has 0 nitrogen and oxygen atoms in total. The van der Waals surface area contributed by atoms with E-state index < -0.39 is 0 Å². The number of rotatable bonds is 7. The third-order valence-electron chi connectivity index (χ3n) is 5.05. The zero-order valence-corrected chi connectivity index (χ0v) is 13.5. The van der Waals surface area contributed by atoms with Gasteiger partial charge in [0.15, 0.2) is 0 Å². The minimum atomic E-state index is -0.375. The van der Waals surface area contributed by atoms with E-state index in [4.69, 9.17) is 0 Å². The molecule has 0 unspecified atom stereocenters. The van der Waals surface area contributed by atoms with Gasteiger partial charge in [0.1, 0.15) is 11.6 Å². The average molecular weight is 282 g/mol. The molecule has 1 aromatic rings. The maximum atomic E-state index is 14.3. The fraction of sp³-hybridized carbons (Fsp3) is 0.667. The molecule has 0 aliphatic rings. The summed E-state index contributed by atoms with van der Waals surface area (Å²) in [4.78, 5) is 0. The summed E-state index contributed by atoms with van der Waals surface area (Å²) in [5.74, 6) is -0.395. The maximum Gasteiger partial charge on any atom is 0.129 e. The molecule has 1 aromatic carbocycles. The molecule has 0 amide bonds. The number of benzene rings is 1. The van der Waals surface area contributed by atoms with Crippen LogP contribution in [0.1, 0.15) is 71.4 Å². The Morgan fingerprint density at radius 1 is 0.950 bits per heavy atom. The van der Waals surface area contributed by atoms with E-state index in [1.165, 1.54) is 0 Å². The highest BCUT2D eigenvalue weighted by Gasteiger charge is 2.25. The molecule has 114 valence electrons. The van der Waals surface area contributed by atoms with E-state index in [1.54, 1.807) is 12.1 Å². The zero-order chi connectivity index (χ0) is 15.3. The molecule has 0 aliphatic carbocycles. The van der Waals surface area contributed by atoms with Crippen molar-refractivity contribution in [1.29, 1.82) is 0 Å². The Hall–Kier alpha value is -0.920. The molecule has 0 fully saturated rings. The van der Waals surface area contributed by atoms with Crippen molar-refractivity contribution in [3.05, 3.63) is 34.9 Å².